The van der Waals surface area contributed by atoms with E-state index in [1.807, 2.05) is 18.3 Å². The number of fused-ring (bicyclic) bond motifs is 1. The van der Waals surface area contributed by atoms with Crippen LogP contribution < -0.4 is 4.90 Å². The number of anilines is 1. The molecule has 1 atom stereocenters. The third-order valence-corrected chi connectivity index (χ3v) is 3.80. The van der Waals surface area contributed by atoms with Gasteiger partial charge in [0.25, 0.3) is 0 Å². The van der Waals surface area contributed by atoms with E-state index in [-0.39, 0.29) is 0 Å². The van der Waals surface area contributed by atoms with E-state index < -0.39 is 0 Å². The van der Waals surface area contributed by atoms with Gasteiger partial charge >= 0.3 is 0 Å². The third kappa shape index (κ3) is 1.80. The zero-order valence-electron chi connectivity index (χ0n) is 10.9. The van der Waals surface area contributed by atoms with Gasteiger partial charge < -0.3 is 9.88 Å². The summed E-state index contributed by atoms with van der Waals surface area (Å²) in [5.74, 6) is 1.40. The number of H-pyrrole nitrogens is 1. The summed E-state index contributed by atoms with van der Waals surface area (Å²) >= 11 is 0. The average Bonchev–Trinajstić information content (AvgIpc) is 3.17. The van der Waals surface area contributed by atoms with Crippen molar-refractivity contribution in [2.24, 2.45) is 0 Å². The summed E-state index contributed by atoms with van der Waals surface area (Å²) in [4.78, 5) is 22.6. The van der Waals surface area contributed by atoms with Gasteiger partial charge in [-0.15, -0.1) is 0 Å². The van der Waals surface area contributed by atoms with Crippen molar-refractivity contribution in [1.29, 1.82) is 0 Å². The Bertz CT molecular complexity index is 723. The van der Waals surface area contributed by atoms with Gasteiger partial charge in [-0.25, -0.2) is 15.0 Å². The normalized spacial score (nSPS) is 18.8. The van der Waals surface area contributed by atoms with Crippen molar-refractivity contribution in [3.05, 3.63) is 42.7 Å². The van der Waals surface area contributed by atoms with Crippen molar-refractivity contribution in [3.8, 4) is 0 Å². The zero-order chi connectivity index (χ0) is 13.4. The number of pyridine rings is 1. The number of nitrogens with one attached hydrogen (secondary N) is 1. The summed E-state index contributed by atoms with van der Waals surface area (Å²) in [6, 6.07) is 6.09. The number of hydrogen-bond acceptors (Lipinski definition) is 5. The summed E-state index contributed by atoms with van der Waals surface area (Å²) < 4.78 is 0. The Kier molecular flexibility index (Phi) is 2.58. The summed E-state index contributed by atoms with van der Waals surface area (Å²) in [6.45, 7) is 1.91. The molecule has 1 aliphatic heterocycles. The minimum absolute atomic E-state index is 0.462. The fraction of sp³-hybridized carbons (Fsp3) is 0.286. The first-order valence-electron chi connectivity index (χ1n) is 6.72. The van der Waals surface area contributed by atoms with Crippen LogP contribution in [0.2, 0.25) is 0 Å². The molecule has 3 aromatic heterocycles. The molecule has 0 spiro atoms. The van der Waals surface area contributed by atoms with E-state index in [0.29, 0.717) is 5.92 Å². The van der Waals surface area contributed by atoms with Crippen molar-refractivity contribution < 1.29 is 0 Å². The van der Waals surface area contributed by atoms with Crippen molar-refractivity contribution >= 4 is 17.0 Å². The Morgan fingerprint density at radius 3 is 3.05 bits per heavy atom. The lowest BCUT2D eigenvalue weighted by atomic mass is 10.0. The first-order valence-corrected chi connectivity index (χ1v) is 6.72. The number of aromatic nitrogens is 5. The molecule has 1 saturated heterocycles. The predicted octanol–water partition coefficient (Wildman–Crippen LogP) is 1.74. The van der Waals surface area contributed by atoms with Gasteiger partial charge in [0.2, 0.25) is 0 Å². The minimum atomic E-state index is 0.462. The lowest BCUT2D eigenvalue weighted by molar-refractivity contribution is 0.744. The SMILES string of the molecule is c1ccc(C2CCN(c3ncnc4nc[nH]c34)C2)nc1. The van der Waals surface area contributed by atoms with Crippen molar-refractivity contribution in [1.82, 2.24) is 24.9 Å². The molecule has 6 nitrogen and oxygen atoms in total. The number of imidazole rings is 1. The predicted molar refractivity (Wildman–Crippen MR) is 75.5 cm³/mol. The van der Waals surface area contributed by atoms with Crippen LogP contribution in [-0.2, 0) is 0 Å². The molecular formula is C14H14N6. The molecule has 0 amide bonds. The van der Waals surface area contributed by atoms with Crippen LogP contribution in [0.1, 0.15) is 18.0 Å². The molecule has 1 unspecified atom stereocenters. The molecule has 0 bridgehead atoms. The van der Waals surface area contributed by atoms with Gasteiger partial charge in [-0.2, -0.15) is 0 Å². The van der Waals surface area contributed by atoms with Gasteiger partial charge in [-0.1, -0.05) is 6.07 Å². The highest BCUT2D eigenvalue weighted by molar-refractivity contribution is 5.82. The van der Waals surface area contributed by atoms with E-state index >= 15 is 0 Å². The highest BCUT2D eigenvalue weighted by Gasteiger charge is 2.27. The second kappa shape index (κ2) is 4.56. The van der Waals surface area contributed by atoms with Crippen LogP contribution in [0.25, 0.3) is 11.2 Å². The molecule has 1 N–H and O–H groups in total. The number of hydrogen-bond donors (Lipinski definition) is 1. The van der Waals surface area contributed by atoms with Crippen LogP contribution in [0, 0.1) is 0 Å². The summed E-state index contributed by atoms with van der Waals surface area (Å²) in [7, 11) is 0. The Hall–Kier alpha value is -2.50. The molecule has 0 aliphatic carbocycles. The largest absolute Gasteiger partial charge is 0.354 e. The molecule has 20 heavy (non-hydrogen) atoms. The Balaban J connectivity index is 1.64. The molecule has 6 heteroatoms. The van der Waals surface area contributed by atoms with Crippen LogP contribution in [0.15, 0.2) is 37.1 Å². The second-order valence-electron chi connectivity index (χ2n) is 4.98. The Morgan fingerprint density at radius 1 is 1.15 bits per heavy atom. The maximum atomic E-state index is 4.46. The molecule has 100 valence electrons. The standard InChI is InChI=1S/C14H14N6/c1-2-5-15-11(3-1)10-4-6-20(7-10)14-12-13(17-8-16-12)18-9-19-14/h1-3,5,8-10H,4,6-7H2,(H,16,17,18,19). The first kappa shape index (κ1) is 11.3. The zero-order valence-corrected chi connectivity index (χ0v) is 10.9. The minimum Gasteiger partial charge on any atom is -0.354 e. The van der Waals surface area contributed by atoms with E-state index in [1.54, 1.807) is 12.7 Å². The highest BCUT2D eigenvalue weighted by atomic mass is 15.2. The van der Waals surface area contributed by atoms with Crippen LogP contribution in [0.5, 0.6) is 0 Å². The van der Waals surface area contributed by atoms with E-state index in [1.165, 1.54) is 0 Å². The van der Waals surface area contributed by atoms with Gasteiger partial charge in [0.05, 0.1) is 6.33 Å². The fourth-order valence-electron chi connectivity index (χ4n) is 2.80. The monoisotopic (exact) mass is 266 g/mol. The van der Waals surface area contributed by atoms with Crippen molar-refractivity contribution in [2.75, 3.05) is 18.0 Å². The van der Waals surface area contributed by atoms with Crippen LogP contribution in [-0.4, -0.2) is 38.0 Å². The Morgan fingerprint density at radius 2 is 2.15 bits per heavy atom. The van der Waals surface area contributed by atoms with E-state index in [4.69, 9.17) is 0 Å². The smallest absolute Gasteiger partial charge is 0.182 e. The average molecular weight is 266 g/mol. The lowest BCUT2D eigenvalue weighted by Crippen LogP contribution is -2.21. The van der Waals surface area contributed by atoms with Crippen molar-refractivity contribution in [2.45, 2.75) is 12.3 Å². The molecule has 3 aromatic rings. The molecule has 0 radical (unpaired) electrons. The lowest BCUT2D eigenvalue weighted by Gasteiger charge is -2.17. The molecule has 4 heterocycles. The fourth-order valence-corrected chi connectivity index (χ4v) is 2.80. The van der Waals surface area contributed by atoms with Crippen LogP contribution >= 0.6 is 0 Å². The number of rotatable bonds is 2. The maximum Gasteiger partial charge on any atom is 0.182 e. The quantitative estimate of drug-likeness (QED) is 0.765. The molecule has 4 rings (SSSR count). The van der Waals surface area contributed by atoms with Gasteiger partial charge in [0.15, 0.2) is 11.5 Å². The summed E-state index contributed by atoms with van der Waals surface area (Å²) in [6.07, 6.45) is 6.19. The summed E-state index contributed by atoms with van der Waals surface area (Å²) in [5.41, 5.74) is 2.79. The van der Waals surface area contributed by atoms with E-state index in [0.717, 1.165) is 42.2 Å². The number of aromatic amines is 1. The molecule has 0 aromatic carbocycles. The first-order chi connectivity index (χ1) is 9.92. The summed E-state index contributed by atoms with van der Waals surface area (Å²) in [5, 5.41) is 0. The Labute approximate surface area is 115 Å². The topological polar surface area (TPSA) is 70.6 Å². The van der Waals surface area contributed by atoms with Gasteiger partial charge in [0, 0.05) is 30.9 Å². The van der Waals surface area contributed by atoms with Gasteiger partial charge in [0.1, 0.15) is 11.8 Å². The molecule has 1 aliphatic rings. The van der Waals surface area contributed by atoms with Crippen LogP contribution in [0.3, 0.4) is 0 Å². The third-order valence-electron chi connectivity index (χ3n) is 3.80. The second-order valence-corrected chi connectivity index (χ2v) is 4.98. The van der Waals surface area contributed by atoms with Crippen LogP contribution in [0.4, 0.5) is 5.82 Å². The van der Waals surface area contributed by atoms with Gasteiger partial charge in [-0.3, -0.25) is 4.98 Å². The van der Waals surface area contributed by atoms with E-state index in [2.05, 4.69) is 35.9 Å². The molecule has 1 fully saturated rings. The van der Waals surface area contributed by atoms with E-state index in [9.17, 15) is 0 Å². The van der Waals surface area contributed by atoms with Crippen molar-refractivity contribution in [3.63, 3.8) is 0 Å². The highest BCUT2D eigenvalue weighted by Crippen LogP contribution is 2.30. The van der Waals surface area contributed by atoms with Gasteiger partial charge in [-0.05, 0) is 18.6 Å². The molecule has 0 saturated carbocycles. The maximum absolute atomic E-state index is 4.46. The molecular weight excluding hydrogens is 252 g/mol. The number of nitrogens with zero attached hydrogens (tertiary/aromatic N) is 5.